The fourth-order valence-corrected chi connectivity index (χ4v) is 1.98. The van der Waals surface area contributed by atoms with Crippen molar-refractivity contribution in [2.75, 3.05) is 11.5 Å². The van der Waals surface area contributed by atoms with Crippen LogP contribution in [0.25, 0.3) is 10.1 Å². The molecule has 0 fully saturated rings. The van der Waals surface area contributed by atoms with Crippen LogP contribution in [0.5, 0.6) is 0 Å². The van der Waals surface area contributed by atoms with Crippen molar-refractivity contribution < 1.29 is 4.39 Å². The van der Waals surface area contributed by atoms with Gasteiger partial charge in [0.25, 0.3) is 0 Å². The van der Waals surface area contributed by atoms with Crippen molar-refractivity contribution in [3.8, 4) is 0 Å². The van der Waals surface area contributed by atoms with Gasteiger partial charge in [0.1, 0.15) is 0 Å². The second-order valence-corrected chi connectivity index (χ2v) is 3.54. The van der Waals surface area contributed by atoms with Crippen LogP contribution in [0.1, 0.15) is 0 Å². The Labute approximate surface area is 72.6 Å². The van der Waals surface area contributed by atoms with Crippen LogP contribution in [0, 0.1) is 5.13 Å². The summed E-state index contributed by atoms with van der Waals surface area (Å²) in [5.74, 6) is 0. The van der Waals surface area contributed by atoms with Gasteiger partial charge in [-0.05, 0) is 18.2 Å². The maximum absolute atomic E-state index is 12.8. The summed E-state index contributed by atoms with van der Waals surface area (Å²) in [4.78, 5) is 0. The zero-order chi connectivity index (χ0) is 8.72. The molecule has 1 aromatic heterocycles. The van der Waals surface area contributed by atoms with Crippen LogP contribution in [0.15, 0.2) is 18.2 Å². The summed E-state index contributed by atoms with van der Waals surface area (Å²) in [5, 5.41) is 0.451. The molecule has 0 saturated heterocycles. The molecule has 2 nitrogen and oxygen atoms in total. The van der Waals surface area contributed by atoms with E-state index >= 15 is 0 Å². The van der Waals surface area contributed by atoms with Crippen LogP contribution in [0.3, 0.4) is 0 Å². The van der Waals surface area contributed by atoms with E-state index in [9.17, 15) is 4.39 Å². The van der Waals surface area contributed by atoms with Crippen molar-refractivity contribution >= 4 is 32.8 Å². The highest BCUT2D eigenvalue weighted by Gasteiger charge is 2.06. The smallest absolute Gasteiger partial charge is 0.177 e. The highest BCUT2D eigenvalue weighted by molar-refractivity contribution is 7.18. The predicted octanol–water partition coefficient (Wildman–Crippen LogP) is 2.20. The molecule has 4 N–H and O–H groups in total. The Hall–Kier alpha value is -1.29. The number of nitrogen functional groups attached to an aromatic ring is 2. The number of hydrogen-bond donors (Lipinski definition) is 2. The van der Waals surface area contributed by atoms with Crippen molar-refractivity contribution in [1.82, 2.24) is 0 Å². The van der Waals surface area contributed by atoms with Crippen LogP contribution in [0.2, 0.25) is 0 Å². The summed E-state index contributed by atoms with van der Waals surface area (Å²) >= 11 is 1.02. The quantitative estimate of drug-likeness (QED) is 0.614. The monoisotopic (exact) mass is 182 g/mol. The molecule has 0 aliphatic heterocycles. The van der Waals surface area contributed by atoms with E-state index in [0.29, 0.717) is 16.8 Å². The van der Waals surface area contributed by atoms with Crippen LogP contribution in [-0.2, 0) is 0 Å². The highest BCUT2D eigenvalue weighted by Crippen LogP contribution is 2.33. The molecule has 0 unspecified atom stereocenters. The number of fused-ring (bicyclic) bond motifs is 1. The SMILES string of the molecule is Nc1ccc(N)c2sc(F)cc12. The summed E-state index contributed by atoms with van der Waals surface area (Å²) in [5.41, 5.74) is 12.4. The maximum Gasteiger partial charge on any atom is 0.177 e. The Morgan fingerprint density at radius 2 is 1.83 bits per heavy atom. The summed E-state index contributed by atoms with van der Waals surface area (Å²) in [6, 6.07) is 4.78. The van der Waals surface area contributed by atoms with E-state index in [1.165, 1.54) is 6.07 Å². The van der Waals surface area contributed by atoms with Gasteiger partial charge < -0.3 is 11.5 Å². The third kappa shape index (κ3) is 0.921. The number of thiophene rings is 1. The van der Waals surface area contributed by atoms with Crippen LogP contribution >= 0.6 is 11.3 Å². The second-order valence-electron chi connectivity index (χ2n) is 2.54. The third-order valence-electron chi connectivity index (χ3n) is 1.72. The number of anilines is 2. The molecule has 0 atom stereocenters. The van der Waals surface area contributed by atoms with Crippen LogP contribution in [-0.4, -0.2) is 0 Å². The molecule has 0 bridgehead atoms. The first-order valence-electron chi connectivity index (χ1n) is 3.41. The molecule has 0 amide bonds. The molecule has 62 valence electrons. The van der Waals surface area contributed by atoms with E-state index in [2.05, 4.69) is 0 Å². The molecule has 4 heteroatoms. The Kier molecular flexibility index (Phi) is 1.44. The van der Waals surface area contributed by atoms with Crippen molar-refractivity contribution in [3.63, 3.8) is 0 Å². The van der Waals surface area contributed by atoms with Gasteiger partial charge >= 0.3 is 0 Å². The normalized spacial score (nSPS) is 10.8. The first-order valence-corrected chi connectivity index (χ1v) is 4.23. The van der Waals surface area contributed by atoms with Crippen molar-refractivity contribution in [3.05, 3.63) is 23.3 Å². The van der Waals surface area contributed by atoms with Crippen molar-refractivity contribution in [2.45, 2.75) is 0 Å². The number of halogens is 1. The maximum atomic E-state index is 12.8. The first kappa shape index (κ1) is 7.36. The zero-order valence-corrected chi connectivity index (χ0v) is 6.99. The lowest BCUT2D eigenvalue weighted by Gasteiger charge is -1.97. The van der Waals surface area contributed by atoms with E-state index in [-0.39, 0.29) is 5.13 Å². The highest BCUT2D eigenvalue weighted by atomic mass is 32.1. The Balaban J connectivity index is 2.93. The van der Waals surface area contributed by atoms with E-state index in [1.807, 2.05) is 0 Å². The second kappa shape index (κ2) is 2.35. The lowest BCUT2D eigenvalue weighted by molar-refractivity contribution is 0.658. The van der Waals surface area contributed by atoms with Crippen LogP contribution < -0.4 is 11.5 Å². The Morgan fingerprint density at radius 1 is 1.17 bits per heavy atom. The minimum absolute atomic E-state index is 0.255. The molecule has 2 rings (SSSR count). The van der Waals surface area contributed by atoms with Gasteiger partial charge in [-0.25, -0.2) is 0 Å². The van der Waals surface area contributed by atoms with Crippen molar-refractivity contribution in [1.29, 1.82) is 0 Å². The third-order valence-corrected chi connectivity index (χ3v) is 2.69. The lowest BCUT2D eigenvalue weighted by Crippen LogP contribution is -1.88. The molecule has 0 aliphatic rings. The molecule has 1 heterocycles. The number of rotatable bonds is 0. The van der Waals surface area contributed by atoms with Gasteiger partial charge in [-0.15, -0.1) is 11.3 Å². The van der Waals surface area contributed by atoms with Gasteiger partial charge in [0.15, 0.2) is 5.13 Å². The van der Waals surface area contributed by atoms with Crippen molar-refractivity contribution in [2.24, 2.45) is 0 Å². The topological polar surface area (TPSA) is 52.0 Å². The summed E-state index contributed by atoms with van der Waals surface area (Å²) in [6.45, 7) is 0. The van der Waals surface area contributed by atoms with E-state index in [0.717, 1.165) is 16.0 Å². The zero-order valence-electron chi connectivity index (χ0n) is 6.17. The molecule has 12 heavy (non-hydrogen) atoms. The van der Waals surface area contributed by atoms with Crippen LogP contribution in [0.4, 0.5) is 15.8 Å². The average Bonchev–Trinajstić information content (AvgIpc) is 2.41. The summed E-state index contributed by atoms with van der Waals surface area (Å²) in [7, 11) is 0. The molecule has 0 radical (unpaired) electrons. The lowest BCUT2D eigenvalue weighted by atomic mass is 10.2. The van der Waals surface area contributed by atoms with Gasteiger partial charge in [0.2, 0.25) is 0 Å². The molecule has 1 aromatic carbocycles. The number of nitrogens with two attached hydrogens (primary N) is 2. The molecule has 0 spiro atoms. The fraction of sp³-hybridized carbons (Fsp3) is 0. The summed E-state index contributed by atoms with van der Waals surface area (Å²) < 4.78 is 13.5. The number of benzene rings is 1. The molecule has 0 aliphatic carbocycles. The summed E-state index contributed by atoms with van der Waals surface area (Å²) in [6.07, 6.45) is 0. The molecular formula is C8H7FN2S. The first-order chi connectivity index (χ1) is 5.68. The Bertz CT molecular complexity index is 397. The van der Waals surface area contributed by atoms with Gasteiger partial charge in [-0.1, -0.05) is 0 Å². The number of hydrogen-bond acceptors (Lipinski definition) is 3. The predicted molar refractivity (Wildman–Crippen MR) is 50.6 cm³/mol. The fourth-order valence-electron chi connectivity index (χ4n) is 1.13. The van der Waals surface area contributed by atoms with Gasteiger partial charge in [-0.3, -0.25) is 0 Å². The van der Waals surface area contributed by atoms with Gasteiger partial charge in [0, 0.05) is 16.8 Å². The molecule has 2 aromatic rings. The van der Waals surface area contributed by atoms with Gasteiger partial charge in [-0.2, -0.15) is 4.39 Å². The molecular weight excluding hydrogens is 175 g/mol. The van der Waals surface area contributed by atoms with Gasteiger partial charge in [0.05, 0.1) is 4.70 Å². The minimum Gasteiger partial charge on any atom is -0.398 e. The average molecular weight is 182 g/mol. The standard InChI is InChI=1S/C8H7FN2S/c9-7-3-4-5(10)1-2-6(11)8(4)12-7/h1-3H,10-11H2. The minimum atomic E-state index is -0.255. The van der Waals surface area contributed by atoms with E-state index in [1.54, 1.807) is 12.1 Å². The van der Waals surface area contributed by atoms with E-state index in [4.69, 9.17) is 11.5 Å². The largest absolute Gasteiger partial charge is 0.398 e. The van der Waals surface area contributed by atoms with E-state index < -0.39 is 0 Å². The Morgan fingerprint density at radius 3 is 2.50 bits per heavy atom. The molecule has 0 saturated carbocycles.